The molecule has 0 spiro atoms. The van der Waals surface area contributed by atoms with Crippen LogP contribution >= 0.6 is 24.0 Å². The van der Waals surface area contributed by atoms with Gasteiger partial charge in [0.25, 0.3) is 11.8 Å². The third kappa shape index (κ3) is 2.41. The Labute approximate surface area is 155 Å². The molecule has 4 nitrogen and oxygen atoms in total. The highest BCUT2D eigenvalue weighted by Crippen LogP contribution is 2.45. The lowest BCUT2D eigenvalue weighted by Gasteiger charge is -2.14. The Morgan fingerprint density at radius 1 is 0.960 bits per heavy atom. The van der Waals surface area contributed by atoms with Crippen LogP contribution < -0.4 is 9.80 Å². The lowest BCUT2D eigenvalue weighted by atomic mass is 10.1. The minimum atomic E-state index is -0.239. The molecule has 4 rings (SSSR count). The van der Waals surface area contributed by atoms with E-state index in [1.807, 2.05) is 61.5 Å². The molecular formula is C19H14N2O2S2. The van der Waals surface area contributed by atoms with E-state index in [2.05, 4.69) is 0 Å². The number of thiocarbonyl (C=S) groups is 1. The molecule has 124 valence electrons. The van der Waals surface area contributed by atoms with Gasteiger partial charge in [-0.25, -0.2) is 0 Å². The first-order valence-electron chi connectivity index (χ1n) is 7.90. The minimum absolute atomic E-state index is 0.141. The van der Waals surface area contributed by atoms with Gasteiger partial charge in [-0.15, -0.1) is 0 Å². The number of benzene rings is 2. The average molecular weight is 366 g/mol. The Hall–Kier alpha value is -2.44. The second-order valence-corrected chi connectivity index (χ2v) is 7.26. The lowest BCUT2D eigenvalue weighted by Crippen LogP contribution is -2.29. The van der Waals surface area contributed by atoms with Crippen molar-refractivity contribution in [2.24, 2.45) is 0 Å². The van der Waals surface area contributed by atoms with Crippen LogP contribution in [0.25, 0.3) is 5.57 Å². The number of rotatable bonds is 2. The van der Waals surface area contributed by atoms with E-state index in [1.165, 1.54) is 16.7 Å². The Morgan fingerprint density at radius 2 is 1.64 bits per heavy atom. The van der Waals surface area contributed by atoms with E-state index in [1.54, 1.807) is 4.90 Å². The first kappa shape index (κ1) is 16.1. The van der Waals surface area contributed by atoms with Crippen molar-refractivity contribution in [2.45, 2.75) is 6.92 Å². The number of nitrogens with zero attached hydrogens (tertiary/aromatic N) is 2. The molecule has 0 bridgehead atoms. The van der Waals surface area contributed by atoms with E-state index >= 15 is 0 Å². The average Bonchev–Trinajstić information content (AvgIpc) is 3.07. The molecule has 0 aromatic heterocycles. The fourth-order valence-corrected chi connectivity index (χ4v) is 4.50. The molecule has 0 radical (unpaired) electrons. The zero-order chi connectivity index (χ0) is 17.6. The summed E-state index contributed by atoms with van der Waals surface area (Å²) >= 11 is 6.61. The van der Waals surface area contributed by atoms with Crippen molar-refractivity contribution in [3.63, 3.8) is 0 Å². The van der Waals surface area contributed by atoms with Gasteiger partial charge in [0.2, 0.25) is 0 Å². The molecule has 2 aliphatic heterocycles. The van der Waals surface area contributed by atoms with Crippen molar-refractivity contribution >= 4 is 57.1 Å². The Kier molecular flexibility index (Phi) is 3.94. The van der Waals surface area contributed by atoms with E-state index in [0.29, 0.717) is 27.0 Å². The number of hydrogen-bond acceptors (Lipinski definition) is 4. The van der Waals surface area contributed by atoms with Crippen molar-refractivity contribution < 1.29 is 9.59 Å². The number of para-hydroxylation sites is 2. The zero-order valence-electron chi connectivity index (χ0n) is 13.4. The molecule has 0 saturated carbocycles. The van der Waals surface area contributed by atoms with Crippen molar-refractivity contribution in [2.75, 3.05) is 16.3 Å². The molecular weight excluding hydrogens is 352 g/mol. The monoisotopic (exact) mass is 366 g/mol. The van der Waals surface area contributed by atoms with Gasteiger partial charge >= 0.3 is 0 Å². The largest absolute Gasteiger partial charge is 0.308 e. The van der Waals surface area contributed by atoms with Crippen LogP contribution in [0.4, 0.5) is 11.4 Å². The third-order valence-corrected chi connectivity index (χ3v) is 5.62. The van der Waals surface area contributed by atoms with E-state index < -0.39 is 0 Å². The van der Waals surface area contributed by atoms with Crippen LogP contribution in [-0.2, 0) is 9.59 Å². The molecule has 2 aromatic rings. The molecule has 6 heteroatoms. The molecule has 0 aliphatic carbocycles. The Balaban J connectivity index is 1.86. The van der Waals surface area contributed by atoms with Gasteiger partial charge in [0.05, 0.1) is 21.9 Å². The number of carbonyl (C=O) groups excluding carboxylic acids is 2. The second kappa shape index (κ2) is 6.13. The van der Waals surface area contributed by atoms with Gasteiger partial charge in [-0.1, -0.05) is 60.4 Å². The summed E-state index contributed by atoms with van der Waals surface area (Å²) in [6, 6.07) is 16.8. The number of thioether (sulfide) groups is 1. The summed E-state index contributed by atoms with van der Waals surface area (Å²) in [7, 11) is 0. The summed E-state index contributed by atoms with van der Waals surface area (Å²) < 4.78 is 0.443. The van der Waals surface area contributed by atoms with Crippen molar-refractivity contribution in [1.29, 1.82) is 0 Å². The molecule has 0 unspecified atom stereocenters. The highest BCUT2D eigenvalue weighted by Gasteiger charge is 2.41. The maximum Gasteiger partial charge on any atom is 0.271 e. The molecule has 25 heavy (non-hydrogen) atoms. The molecule has 0 atom stereocenters. The maximum atomic E-state index is 13.0. The quantitative estimate of drug-likeness (QED) is 0.598. The molecule has 2 aromatic carbocycles. The fraction of sp³-hybridized carbons (Fsp3) is 0.105. The number of likely N-dealkylation sites (N-methyl/N-ethyl adjacent to an activating group) is 1. The standard InChI is InChI=1S/C19H14N2O2S2/c1-2-20-14-11-7-6-10-13(14)15(17(20)22)16-18(23)21(19(24)25-16)12-8-4-3-5-9-12/h3-11H,2H2,1H3. The molecule has 1 fully saturated rings. The molecule has 2 amide bonds. The van der Waals surface area contributed by atoms with Crippen molar-refractivity contribution in [1.82, 2.24) is 0 Å². The number of anilines is 2. The molecule has 0 N–H and O–H groups in total. The smallest absolute Gasteiger partial charge is 0.271 e. The van der Waals surface area contributed by atoms with Gasteiger partial charge in [0.1, 0.15) is 0 Å². The highest BCUT2D eigenvalue weighted by molar-refractivity contribution is 8.27. The van der Waals surface area contributed by atoms with Gasteiger partial charge in [-0.05, 0) is 25.1 Å². The number of carbonyl (C=O) groups is 2. The SMILES string of the molecule is CCN1C(=O)C(=C2SC(=S)N(c3ccccc3)C2=O)c2ccccc21. The third-order valence-electron chi connectivity index (χ3n) is 4.25. The summed E-state index contributed by atoms with van der Waals surface area (Å²) in [5, 5.41) is 0. The van der Waals surface area contributed by atoms with E-state index in [-0.39, 0.29) is 11.8 Å². The first-order chi connectivity index (χ1) is 12.1. The maximum absolute atomic E-state index is 13.0. The van der Waals surface area contributed by atoms with Crippen LogP contribution in [0.3, 0.4) is 0 Å². The van der Waals surface area contributed by atoms with Crippen LogP contribution in [0.2, 0.25) is 0 Å². The van der Waals surface area contributed by atoms with Gasteiger partial charge in [-0.2, -0.15) is 0 Å². The summed E-state index contributed by atoms with van der Waals surface area (Å²) in [5.74, 6) is -0.380. The number of fused-ring (bicyclic) bond motifs is 1. The summed E-state index contributed by atoms with van der Waals surface area (Å²) in [6.45, 7) is 2.48. The Bertz CT molecular complexity index is 937. The lowest BCUT2D eigenvalue weighted by molar-refractivity contribution is -0.115. The van der Waals surface area contributed by atoms with Gasteiger partial charge in [-0.3, -0.25) is 14.5 Å². The summed E-state index contributed by atoms with van der Waals surface area (Å²) in [4.78, 5) is 29.6. The van der Waals surface area contributed by atoms with Crippen molar-refractivity contribution in [3.8, 4) is 0 Å². The highest BCUT2D eigenvalue weighted by atomic mass is 32.2. The predicted octanol–water partition coefficient (Wildman–Crippen LogP) is 3.83. The summed E-state index contributed by atoms with van der Waals surface area (Å²) in [5.41, 5.74) is 2.80. The topological polar surface area (TPSA) is 40.6 Å². The number of hydrogen-bond donors (Lipinski definition) is 0. The van der Waals surface area contributed by atoms with Gasteiger partial charge < -0.3 is 4.90 Å². The Morgan fingerprint density at radius 3 is 2.36 bits per heavy atom. The first-order valence-corrected chi connectivity index (χ1v) is 9.12. The van der Waals surface area contributed by atoms with E-state index in [0.717, 1.165) is 11.3 Å². The second-order valence-electron chi connectivity index (χ2n) is 5.61. The van der Waals surface area contributed by atoms with Crippen LogP contribution in [0, 0.1) is 0 Å². The molecule has 2 heterocycles. The van der Waals surface area contributed by atoms with Crippen molar-refractivity contribution in [3.05, 3.63) is 65.1 Å². The van der Waals surface area contributed by atoms with Crippen LogP contribution in [0.15, 0.2) is 59.5 Å². The zero-order valence-corrected chi connectivity index (χ0v) is 15.1. The van der Waals surface area contributed by atoms with Gasteiger partial charge in [0, 0.05) is 12.1 Å². The molecule has 1 saturated heterocycles. The van der Waals surface area contributed by atoms with E-state index in [9.17, 15) is 9.59 Å². The van der Waals surface area contributed by atoms with Crippen LogP contribution in [-0.4, -0.2) is 22.7 Å². The van der Waals surface area contributed by atoms with E-state index in [4.69, 9.17) is 12.2 Å². The fourth-order valence-electron chi connectivity index (χ4n) is 3.13. The van der Waals surface area contributed by atoms with Gasteiger partial charge in [0.15, 0.2) is 4.32 Å². The molecule has 2 aliphatic rings. The minimum Gasteiger partial charge on any atom is -0.308 e. The number of amides is 2. The van der Waals surface area contributed by atoms with Crippen LogP contribution in [0.5, 0.6) is 0 Å². The van der Waals surface area contributed by atoms with Crippen LogP contribution in [0.1, 0.15) is 12.5 Å². The normalized spacial score (nSPS) is 19.8. The predicted molar refractivity (Wildman–Crippen MR) is 106 cm³/mol. The summed E-state index contributed by atoms with van der Waals surface area (Å²) in [6.07, 6.45) is 0.